The lowest BCUT2D eigenvalue weighted by Crippen LogP contribution is -2.15. The molecule has 0 bridgehead atoms. The van der Waals surface area contributed by atoms with Crippen LogP contribution in [0, 0.1) is 17.6 Å². The summed E-state index contributed by atoms with van der Waals surface area (Å²) in [6.45, 7) is 0. The largest absolute Gasteiger partial charge is 0.326 e. The summed E-state index contributed by atoms with van der Waals surface area (Å²) in [7, 11) is -4.06. The molecule has 8 heteroatoms. The van der Waals surface area contributed by atoms with Crippen LogP contribution in [0.4, 0.5) is 20.2 Å². The Balaban J connectivity index is 1.63. The minimum atomic E-state index is -4.06. The van der Waals surface area contributed by atoms with Gasteiger partial charge in [-0.15, -0.1) is 0 Å². The number of anilines is 2. The van der Waals surface area contributed by atoms with E-state index in [1.54, 1.807) is 12.1 Å². The summed E-state index contributed by atoms with van der Waals surface area (Å²) >= 11 is 0. The molecule has 0 spiro atoms. The summed E-state index contributed by atoms with van der Waals surface area (Å²) in [5.41, 5.74) is 0.772. The zero-order valence-corrected chi connectivity index (χ0v) is 15.1. The number of hydrogen-bond donors (Lipinski definition) is 2. The van der Waals surface area contributed by atoms with Gasteiger partial charge in [-0.2, -0.15) is 0 Å². The number of allylic oxidation sites excluding steroid dienone is 2. The van der Waals surface area contributed by atoms with Crippen LogP contribution < -0.4 is 10.0 Å². The first kappa shape index (κ1) is 19.0. The standard InChI is InChI=1S/C19H18F2N2O3S/c20-17-10-9-16(12-18(17)21)27(25,26)23-15-7-5-14(6-8-15)22-19(24)11-13-3-1-2-4-13/h1,3,5-10,12-13,23H,2,4,11H2,(H,22,24)/t13-/m1/s1. The van der Waals surface area contributed by atoms with E-state index in [2.05, 4.69) is 16.1 Å². The Morgan fingerprint density at radius 2 is 1.74 bits per heavy atom. The van der Waals surface area contributed by atoms with Crippen LogP contribution >= 0.6 is 0 Å². The van der Waals surface area contributed by atoms with Gasteiger partial charge in [-0.3, -0.25) is 9.52 Å². The average Bonchev–Trinajstić information content (AvgIpc) is 3.11. The molecule has 0 aromatic heterocycles. The van der Waals surface area contributed by atoms with E-state index in [-0.39, 0.29) is 22.4 Å². The van der Waals surface area contributed by atoms with E-state index in [0.29, 0.717) is 18.2 Å². The number of carbonyl (C=O) groups is 1. The van der Waals surface area contributed by atoms with Crippen LogP contribution in [-0.2, 0) is 14.8 Å². The van der Waals surface area contributed by atoms with Gasteiger partial charge in [0, 0.05) is 17.8 Å². The van der Waals surface area contributed by atoms with Crippen molar-refractivity contribution in [2.75, 3.05) is 10.0 Å². The Bertz CT molecular complexity index is 973. The topological polar surface area (TPSA) is 75.3 Å². The fourth-order valence-corrected chi connectivity index (χ4v) is 3.87. The molecule has 2 aromatic rings. The van der Waals surface area contributed by atoms with Crippen LogP contribution in [0.1, 0.15) is 19.3 Å². The number of carbonyl (C=O) groups excluding carboxylic acids is 1. The predicted octanol–water partition coefficient (Wildman–Crippen LogP) is 4.06. The van der Waals surface area contributed by atoms with Gasteiger partial charge >= 0.3 is 0 Å². The van der Waals surface area contributed by atoms with Crippen LogP contribution in [0.25, 0.3) is 0 Å². The third-order valence-corrected chi connectivity index (χ3v) is 5.56. The van der Waals surface area contributed by atoms with Gasteiger partial charge in [0.25, 0.3) is 10.0 Å². The Kier molecular flexibility index (Phi) is 5.55. The first-order chi connectivity index (χ1) is 12.8. The van der Waals surface area contributed by atoms with Gasteiger partial charge in [0.1, 0.15) is 0 Å². The molecule has 3 rings (SSSR count). The van der Waals surface area contributed by atoms with E-state index < -0.39 is 21.7 Å². The van der Waals surface area contributed by atoms with Crippen molar-refractivity contribution in [2.45, 2.75) is 24.2 Å². The molecule has 0 saturated heterocycles. The first-order valence-electron chi connectivity index (χ1n) is 8.38. The van der Waals surface area contributed by atoms with Crippen molar-refractivity contribution in [3.63, 3.8) is 0 Å². The quantitative estimate of drug-likeness (QED) is 0.728. The second-order valence-corrected chi connectivity index (χ2v) is 7.96. The molecule has 1 aliphatic rings. The molecule has 2 N–H and O–H groups in total. The Labute approximate surface area is 156 Å². The first-order valence-corrected chi connectivity index (χ1v) is 9.86. The van der Waals surface area contributed by atoms with E-state index in [1.807, 2.05) is 6.08 Å². The van der Waals surface area contributed by atoms with Gasteiger partial charge < -0.3 is 5.32 Å². The molecule has 27 heavy (non-hydrogen) atoms. The molecule has 0 heterocycles. The number of halogens is 2. The third-order valence-electron chi connectivity index (χ3n) is 4.18. The van der Waals surface area contributed by atoms with E-state index in [0.717, 1.165) is 25.0 Å². The Morgan fingerprint density at radius 3 is 2.37 bits per heavy atom. The highest BCUT2D eigenvalue weighted by atomic mass is 32.2. The highest BCUT2D eigenvalue weighted by Gasteiger charge is 2.17. The van der Waals surface area contributed by atoms with Gasteiger partial charge in [0.05, 0.1) is 4.90 Å². The fourth-order valence-electron chi connectivity index (χ4n) is 2.80. The zero-order valence-electron chi connectivity index (χ0n) is 14.3. The van der Waals surface area contributed by atoms with Crippen LogP contribution in [0.15, 0.2) is 59.5 Å². The molecule has 5 nitrogen and oxygen atoms in total. The van der Waals surface area contributed by atoms with Crippen LogP contribution in [0.3, 0.4) is 0 Å². The van der Waals surface area contributed by atoms with Crippen molar-refractivity contribution in [1.82, 2.24) is 0 Å². The van der Waals surface area contributed by atoms with Crippen LogP contribution in [0.5, 0.6) is 0 Å². The lowest BCUT2D eigenvalue weighted by atomic mass is 10.1. The summed E-state index contributed by atoms with van der Waals surface area (Å²) in [5.74, 6) is -2.22. The molecule has 142 valence electrons. The summed E-state index contributed by atoms with van der Waals surface area (Å²) in [6.07, 6.45) is 6.46. The lowest BCUT2D eigenvalue weighted by molar-refractivity contribution is -0.116. The highest BCUT2D eigenvalue weighted by molar-refractivity contribution is 7.92. The summed E-state index contributed by atoms with van der Waals surface area (Å²) in [5, 5.41) is 2.76. The molecular weight excluding hydrogens is 374 g/mol. The van der Waals surface area contributed by atoms with Crippen molar-refractivity contribution >= 4 is 27.3 Å². The molecule has 0 aliphatic heterocycles. The van der Waals surface area contributed by atoms with E-state index in [1.165, 1.54) is 12.1 Å². The van der Waals surface area contributed by atoms with Crippen molar-refractivity contribution in [1.29, 1.82) is 0 Å². The van der Waals surface area contributed by atoms with Gasteiger partial charge in [0.15, 0.2) is 11.6 Å². The zero-order chi connectivity index (χ0) is 19.4. The summed E-state index contributed by atoms with van der Waals surface area (Å²) in [4.78, 5) is 11.6. The minimum Gasteiger partial charge on any atom is -0.326 e. The Hall–Kier alpha value is -2.74. The average molecular weight is 392 g/mol. The SMILES string of the molecule is O=C(C[C@@H]1C=CCC1)Nc1ccc(NS(=O)(=O)c2ccc(F)c(F)c2)cc1. The summed E-state index contributed by atoms with van der Waals surface area (Å²) < 4.78 is 53.0. The van der Waals surface area contributed by atoms with E-state index >= 15 is 0 Å². The number of hydrogen-bond acceptors (Lipinski definition) is 3. The fraction of sp³-hybridized carbons (Fsp3) is 0.211. The van der Waals surface area contributed by atoms with Gasteiger partial charge in [-0.1, -0.05) is 12.2 Å². The number of rotatable bonds is 6. The Morgan fingerprint density at radius 1 is 1.04 bits per heavy atom. The second-order valence-electron chi connectivity index (χ2n) is 6.28. The smallest absolute Gasteiger partial charge is 0.261 e. The number of nitrogens with one attached hydrogen (secondary N) is 2. The maximum atomic E-state index is 13.3. The molecule has 1 atom stereocenters. The van der Waals surface area contributed by atoms with Crippen molar-refractivity contribution in [2.24, 2.45) is 5.92 Å². The molecule has 2 aromatic carbocycles. The number of amides is 1. The van der Waals surface area contributed by atoms with Crippen LogP contribution in [0.2, 0.25) is 0 Å². The second kappa shape index (κ2) is 7.87. The molecule has 0 radical (unpaired) electrons. The summed E-state index contributed by atoms with van der Waals surface area (Å²) in [6, 6.07) is 8.42. The lowest BCUT2D eigenvalue weighted by Gasteiger charge is -2.11. The maximum Gasteiger partial charge on any atom is 0.261 e. The molecule has 1 amide bonds. The molecule has 0 saturated carbocycles. The van der Waals surface area contributed by atoms with Gasteiger partial charge in [-0.05, 0) is 61.2 Å². The van der Waals surface area contributed by atoms with E-state index in [9.17, 15) is 22.0 Å². The number of benzene rings is 2. The molecule has 1 aliphatic carbocycles. The normalized spacial score (nSPS) is 16.3. The van der Waals surface area contributed by atoms with Crippen molar-refractivity contribution in [3.05, 3.63) is 66.3 Å². The number of sulfonamides is 1. The van der Waals surface area contributed by atoms with Crippen molar-refractivity contribution < 1.29 is 22.0 Å². The molecular formula is C19H18F2N2O3S. The molecule has 0 unspecified atom stereocenters. The minimum absolute atomic E-state index is 0.110. The maximum absolute atomic E-state index is 13.3. The molecule has 0 fully saturated rings. The van der Waals surface area contributed by atoms with Crippen molar-refractivity contribution in [3.8, 4) is 0 Å². The van der Waals surface area contributed by atoms with Gasteiger partial charge in [0.2, 0.25) is 5.91 Å². The van der Waals surface area contributed by atoms with Crippen LogP contribution in [-0.4, -0.2) is 14.3 Å². The highest BCUT2D eigenvalue weighted by Crippen LogP contribution is 2.22. The van der Waals surface area contributed by atoms with Gasteiger partial charge in [-0.25, -0.2) is 17.2 Å². The monoisotopic (exact) mass is 392 g/mol. The third kappa shape index (κ3) is 4.91. The van der Waals surface area contributed by atoms with E-state index in [4.69, 9.17) is 0 Å². The predicted molar refractivity (Wildman–Crippen MR) is 98.7 cm³/mol.